The molecule has 0 radical (unpaired) electrons. The lowest BCUT2D eigenvalue weighted by Crippen LogP contribution is -2.41. The molecule has 1 aromatic carbocycles. The first-order chi connectivity index (χ1) is 10.5. The van der Waals surface area contributed by atoms with Crippen molar-refractivity contribution in [3.63, 3.8) is 0 Å². The van der Waals surface area contributed by atoms with Gasteiger partial charge in [0, 0.05) is 12.1 Å². The molecule has 3 nitrogen and oxygen atoms in total. The molecule has 22 heavy (non-hydrogen) atoms. The lowest BCUT2D eigenvalue weighted by molar-refractivity contribution is -0.187. The van der Waals surface area contributed by atoms with Crippen molar-refractivity contribution in [1.29, 1.82) is 0 Å². The smallest absolute Gasteiger partial charge is 0.393 e. The van der Waals surface area contributed by atoms with Gasteiger partial charge in [-0.3, -0.25) is 4.90 Å². The van der Waals surface area contributed by atoms with Gasteiger partial charge in [0.25, 0.3) is 0 Å². The fraction of sp³-hybridized carbons (Fsp3) is 0.438. The Hall–Kier alpha value is -1.82. The van der Waals surface area contributed by atoms with Crippen LogP contribution in [0.1, 0.15) is 18.7 Å². The van der Waals surface area contributed by atoms with Gasteiger partial charge in [-0.25, -0.2) is 4.98 Å². The van der Waals surface area contributed by atoms with Crippen molar-refractivity contribution in [1.82, 2.24) is 9.88 Å². The molecule has 1 fully saturated rings. The Morgan fingerprint density at radius 3 is 2.73 bits per heavy atom. The molecule has 2 heterocycles. The monoisotopic (exact) mass is 310 g/mol. The molecule has 1 aromatic heterocycles. The number of nitrogens with zero attached hydrogens (tertiary/aromatic N) is 2. The largest absolute Gasteiger partial charge is 0.439 e. The van der Waals surface area contributed by atoms with E-state index < -0.39 is 12.1 Å². The van der Waals surface area contributed by atoms with Crippen molar-refractivity contribution in [3.8, 4) is 11.3 Å². The summed E-state index contributed by atoms with van der Waals surface area (Å²) in [5, 5.41) is 0. The highest BCUT2D eigenvalue weighted by molar-refractivity contribution is 5.55. The topological polar surface area (TPSA) is 29.3 Å². The highest BCUT2D eigenvalue weighted by Crippen LogP contribution is 2.33. The molecule has 1 saturated heterocycles. The van der Waals surface area contributed by atoms with E-state index in [1.54, 1.807) is 11.1 Å². The number of hydrogen-bond acceptors (Lipinski definition) is 3. The number of rotatable bonds is 3. The van der Waals surface area contributed by atoms with Crippen LogP contribution < -0.4 is 0 Å². The first-order valence-corrected chi connectivity index (χ1v) is 7.31. The maximum Gasteiger partial charge on any atom is 0.393 e. The summed E-state index contributed by atoms with van der Waals surface area (Å²) in [6, 6.07) is 9.52. The highest BCUT2D eigenvalue weighted by atomic mass is 19.4. The summed E-state index contributed by atoms with van der Waals surface area (Å²) in [4.78, 5) is 5.95. The molecule has 0 N–H and O–H groups in total. The third kappa shape index (κ3) is 3.50. The lowest BCUT2D eigenvalue weighted by Gasteiger charge is -2.32. The molecule has 1 atom stereocenters. The number of halogens is 3. The first kappa shape index (κ1) is 15.1. The summed E-state index contributed by atoms with van der Waals surface area (Å²) in [7, 11) is 0. The van der Waals surface area contributed by atoms with Gasteiger partial charge in [0.2, 0.25) is 5.89 Å². The Morgan fingerprint density at radius 2 is 2.00 bits per heavy atom. The predicted molar refractivity (Wildman–Crippen MR) is 76.0 cm³/mol. The van der Waals surface area contributed by atoms with E-state index in [9.17, 15) is 13.2 Å². The zero-order chi connectivity index (χ0) is 15.6. The zero-order valence-electron chi connectivity index (χ0n) is 12.0. The van der Waals surface area contributed by atoms with Crippen LogP contribution in [-0.4, -0.2) is 29.1 Å². The van der Waals surface area contributed by atoms with E-state index in [0.29, 0.717) is 31.2 Å². The van der Waals surface area contributed by atoms with Gasteiger partial charge in [0.05, 0.1) is 18.7 Å². The van der Waals surface area contributed by atoms with E-state index in [4.69, 9.17) is 4.42 Å². The van der Waals surface area contributed by atoms with Crippen LogP contribution >= 0.6 is 0 Å². The summed E-state index contributed by atoms with van der Waals surface area (Å²) >= 11 is 0. The van der Waals surface area contributed by atoms with E-state index in [1.807, 2.05) is 30.3 Å². The van der Waals surface area contributed by atoms with Crippen LogP contribution in [-0.2, 0) is 6.54 Å². The van der Waals surface area contributed by atoms with Gasteiger partial charge in [-0.1, -0.05) is 30.3 Å². The minimum absolute atomic E-state index is 0.0204. The second kappa shape index (κ2) is 6.12. The molecular weight excluding hydrogens is 293 g/mol. The molecule has 0 amide bonds. The van der Waals surface area contributed by atoms with Gasteiger partial charge in [-0.05, 0) is 19.4 Å². The molecule has 1 aliphatic rings. The number of likely N-dealkylation sites (tertiary alicyclic amines) is 1. The van der Waals surface area contributed by atoms with Gasteiger partial charge in [0.1, 0.15) is 0 Å². The highest BCUT2D eigenvalue weighted by Gasteiger charge is 2.41. The van der Waals surface area contributed by atoms with Gasteiger partial charge >= 0.3 is 6.18 Å². The number of aromatic nitrogens is 1. The average molecular weight is 310 g/mol. The third-order valence-electron chi connectivity index (χ3n) is 3.94. The Balaban J connectivity index is 1.65. The van der Waals surface area contributed by atoms with Crippen LogP contribution in [0.5, 0.6) is 0 Å². The quantitative estimate of drug-likeness (QED) is 0.854. The molecule has 0 unspecified atom stereocenters. The van der Waals surface area contributed by atoms with Gasteiger partial charge < -0.3 is 4.42 Å². The van der Waals surface area contributed by atoms with E-state index in [0.717, 1.165) is 5.56 Å². The van der Waals surface area contributed by atoms with E-state index in [-0.39, 0.29) is 13.0 Å². The zero-order valence-corrected chi connectivity index (χ0v) is 12.0. The molecule has 0 aliphatic carbocycles. The number of hydrogen-bond donors (Lipinski definition) is 0. The van der Waals surface area contributed by atoms with Crippen LogP contribution in [0, 0.1) is 5.92 Å². The first-order valence-electron chi connectivity index (χ1n) is 7.31. The van der Waals surface area contributed by atoms with Crippen LogP contribution in [0.15, 0.2) is 40.9 Å². The number of benzene rings is 1. The van der Waals surface area contributed by atoms with Crippen LogP contribution in [0.3, 0.4) is 0 Å². The van der Waals surface area contributed by atoms with Crippen molar-refractivity contribution in [3.05, 3.63) is 42.4 Å². The van der Waals surface area contributed by atoms with Gasteiger partial charge in [-0.2, -0.15) is 13.2 Å². The van der Waals surface area contributed by atoms with Crippen LogP contribution in [0.25, 0.3) is 11.3 Å². The van der Waals surface area contributed by atoms with Crippen LogP contribution in [0.4, 0.5) is 13.2 Å². The second-order valence-corrected chi connectivity index (χ2v) is 5.60. The molecule has 118 valence electrons. The van der Waals surface area contributed by atoms with Crippen molar-refractivity contribution >= 4 is 0 Å². The minimum Gasteiger partial charge on any atom is -0.439 e. The van der Waals surface area contributed by atoms with Crippen molar-refractivity contribution < 1.29 is 17.6 Å². The molecule has 0 spiro atoms. The van der Waals surface area contributed by atoms with Gasteiger partial charge in [0.15, 0.2) is 5.76 Å². The Bertz CT molecular complexity index is 609. The molecule has 0 bridgehead atoms. The predicted octanol–water partition coefficient (Wildman–Crippen LogP) is 4.12. The Labute approximate surface area is 126 Å². The average Bonchev–Trinajstić information content (AvgIpc) is 2.96. The summed E-state index contributed by atoms with van der Waals surface area (Å²) in [5.41, 5.74) is 0.910. The van der Waals surface area contributed by atoms with Crippen molar-refractivity contribution in [2.24, 2.45) is 5.92 Å². The SMILES string of the molecule is FC(F)(F)[C@@H]1CCCN(Cc2ncc(-c3ccccc3)o2)C1. The normalized spacial score (nSPS) is 20.2. The molecule has 3 rings (SSSR count). The third-order valence-corrected chi connectivity index (χ3v) is 3.94. The minimum atomic E-state index is -4.12. The maximum absolute atomic E-state index is 12.8. The fourth-order valence-corrected chi connectivity index (χ4v) is 2.78. The molecule has 0 saturated carbocycles. The van der Waals surface area contributed by atoms with E-state index in [1.165, 1.54) is 0 Å². The summed E-state index contributed by atoms with van der Waals surface area (Å²) in [6.07, 6.45) is -1.74. The molecule has 1 aliphatic heterocycles. The van der Waals surface area contributed by atoms with Crippen molar-refractivity contribution in [2.75, 3.05) is 13.1 Å². The summed E-state index contributed by atoms with van der Waals surface area (Å²) < 4.78 is 44.1. The Kier molecular flexibility index (Phi) is 4.20. The number of alkyl halides is 3. The summed E-state index contributed by atoms with van der Waals surface area (Å²) in [5.74, 6) is -0.147. The second-order valence-electron chi connectivity index (χ2n) is 5.60. The van der Waals surface area contributed by atoms with Crippen LogP contribution in [0.2, 0.25) is 0 Å². The number of oxazole rings is 1. The standard InChI is InChI=1S/C16H17F3N2O/c17-16(18,19)13-7-4-8-21(10-13)11-15-20-9-14(22-15)12-5-2-1-3-6-12/h1-3,5-6,9,13H,4,7-8,10-11H2/t13-/m1/s1. The summed E-state index contributed by atoms with van der Waals surface area (Å²) in [6.45, 7) is 0.988. The van der Waals surface area contributed by atoms with E-state index in [2.05, 4.69) is 4.98 Å². The molecular formula is C16H17F3N2O. The van der Waals surface area contributed by atoms with E-state index >= 15 is 0 Å². The number of piperidine rings is 1. The molecule has 6 heteroatoms. The van der Waals surface area contributed by atoms with Crippen molar-refractivity contribution in [2.45, 2.75) is 25.6 Å². The maximum atomic E-state index is 12.8. The molecule has 2 aromatic rings. The lowest BCUT2D eigenvalue weighted by atomic mass is 9.97. The Morgan fingerprint density at radius 1 is 1.23 bits per heavy atom. The fourth-order valence-electron chi connectivity index (χ4n) is 2.78. The van der Waals surface area contributed by atoms with Gasteiger partial charge in [-0.15, -0.1) is 0 Å².